The summed E-state index contributed by atoms with van der Waals surface area (Å²) in [6.45, 7) is 0. The Hall–Kier alpha value is -7.21. The van der Waals surface area contributed by atoms with Crippen molar-refractivity contribution in [2.24, 2.45) is 0 Å². The Morgan fingerprint density at radius 2 is 1.00 bits per heavy atom. The highest BCUT2D eigenvalue weighted by molar-refractivity contribution is 7.26. The van der Waals surface area contributed by atoms with Gasteiger partial charge in [-0.2, -0.15) is 0 Å². The quantitative estimate of drug-likeness (QED) is 0.170. The third-order valence-corrected chi connectivity index (χ3v) is 10.5. The minimum absolute atomic E-state index is 0.0238. The summed E-state index contributed by atoms with van der Waals surface area (Å²) in [5.74, 6) is -1.02. The average molecular weight is 752 g/mol. The van der Waals surface area contributed by atoms with Crippen molar-refractivity contribution >= 4 is 53.3 Å². The molecule has 3 heterocycles. The topological polar surface area (TPSA) is 43.6 Å². The lowest BCUT2D eigenvalue weighted by atomic mass is 9.98. The molecule has 5 heteroatoms. The zero-order chi connectivity index (χ0) is 53.5. The number of rotatable bonds is 6. The summed E-state index contributed by atoms with van der Waals surface area (Å²) in [6, 6.07) is 11.8. The number of hydrogen-bond donors (Lipinski definition) is 0. The Morgan fingerprint density at radius 3 is 1.75 bits per heavy atom. The van der Waals surface area contributed by atoms with Crippen molar-refractivity contribution in [2.75, 3.05) is 0 Å². The van der Waals surface area contributed by atoms with Gasteiger partial charge in [0.25, 0.3) is 0 Å². The Kier molecular flexibility index (Phi) is 4.36. The second kappa shape index (κ2) is 13.3. The van der Waals surface area contributed by atoms with Gasteiger partial charge in [-0.25, -0.2) is 15.0 Å². The van der Waals surface area contributed by atoms with Crippen LogP contribution in [0.1, 0.15) is 26.0 Å². The second-order valence-electron chi connectivity index (χ2n) is 12.6. The van der Waals surface area contributed by atoms with Gasteiger partial charge < -0.3 is 4.57 Å². The SMILES string of the molecule is [2H]c1c([2H])c(-c2nc(-c3ccc(-c4cccc(-c5ccccc5)c4)cc3)nc(-c3c([2H])c([2H])c([2H])c4c3sc3c([2H])c([2H])c([2H])c([2H])c34)n2)c([2H])c(-n2c3c([2H])c([2H])c([2H])c([2H])c3c3c([2H])c([2H])c([2H])c([2H])c32)c1[2H]. The fourth-order valence-electron chi connectivity index (χ4n) is 6.74. The summed E-state index contributed by atoms with van der Waals surface area (Å²) in [6.07, 6.45) is 0. The molecule has 8 aromatic carbocycles. The van der Waals surface area contributed by atoms with Gasteiger partial charge >= 0.3 is 0 Å². The largest absolute Gasteiger partial charge is 0.309 e. The van der Waals surface area contributed by atoms with E-state index in [1.165, 1.54) is 0 Å². The molecule has 11 aromatic rings. The van der Waals surface area contributed by atoms with E-state index in [-0.39, 0.29) is 48.2 Å². The lowest BCUT2D eigenvalue weighted by Gasteiger charge is -2.12. The van der Waals surface area contributed by atoms with Gasteiger partial charge in [-0.1, -0.05) is 151 Å². The van der Waals surface area contributed by atoms with Gasteiger partial charge in [0.2, 0.25) is 0 Å². The normalized spacial score (nSPS) is 16.3. The Labute approximate surface area is 354 Å². The first-order valence-electron chi connectivity index (χ1n) is 26.7. The number of para-hydroxylation sites is 2. The molecule has 11 rings (SSSR count). The van der Waals surface area contributed by atoms with E-state index >= 15 is 0 Å². The molecule has 0 aliphatic carbocycles. The van der Waals surface area contributed by atoms with E-state index < -0.39 is 143 Å². The summed E-state index contributed by atoms with van der Waals surface area (Å²) in [7, 11) is 0. The minimum atomic E-state index is -0.846. The Morgan fingerprint density at radius 1 is 0.429 bits per heavy atom. The highest BCUT2D eigenvalue weighted by atomic mass is 32.1. The number of nitrogens with zero attached hydrogens (tertiary/aromatic N) is 4. The summed E-state index contributed by atoms with van der Waals surface area (Å²) >= 11 is 0.819. The highest BCUT2D eigenvalue weighted by Gasteiger charge is 2.18. The van der Waals surface area contributed by atoms with E-state index in [1.807, 2.05) is 54.6 Å². The molecule has 0 unspecified atom stereocenters. The predicted molar refractivity (Wildman–Crippen MR) is 234 cm³/mol. The zero-order valence-corrected chi connectivity index (χ0v) is 29.5. The van der Waals surface area contributed by atoms with Gasteiger partial charge in [-0.15, -0.1) is 11.3 Å². The van der Waals surface area contributed by atoms with Crippen LogP contribution in [0.5, 0.6) is 0 Å². The van der Waals surface area contributed by atoms with E-state index in [4.69, 9.17) is 34.1 Å². The smallest absolute Gasteiger partial charge is 0.165 e. The first-order valence-corrected chi connectivity index (χ1v) is 18.0. The molecule has 0 aliphatic rings. The molecule has 0 aliphatic heterocycles. The van der Waals surface area contributed by atoms with Gasteiger partial charge in [0.15, 0.2) is 17.5 Å². The van der Waals surface area contributed by atoms with Gasteiger partial charge in [0.05, 0.1) is 37.1 Å². The lowest BCUT2D eigenvalue weighted by molar-refractivity contribution is 1.07. The van der Waals surface area contributed by atoms with Crippen LogP contribution >= 0.6 is 11.3 Å². The average Bonchev–Trinajstić information content (AvgIpc) is 4.10. The molecule has 0 radical (unpaired) electrons. The summed E-state index contributed by atoms with van der Waals surface area (Å²) in [5, 5.41) is -0.863. The number of hydrogen-bond acceptors (Lipinski definition) is 4. The standard InChI is InChI=1S/C51H32N4S/c1-2-13-33(14-3-1)36-15-10-16-37(31-36)34-27-29-35(30-28-34)49-52-50(54-51(53-49)44-23-12-22-43-42-21-6-9-26-47(42)56-48(43)44)38-17-11-18-39(32-38)55-45-24-7-4-19-40(45)41-20-5-8-25-46(41)55/h1-32H/i4D,5D,6D,7D,8D,9D,11D,12D,17D,18D,19D,20D,21D,22D,23D,24D,25D,26D,32D. The fourth-order valence-corrected chi connectivity index (χ4v) is 7.80. The van der Waals surface area contributed by atoms with Crippen LogP contribution in [0.3, 0.4) is 0 Å². The summed E-state index contributed by atoms with van der Waals surface area (Å²) < 4.78 is 171. The highest BCUT2D eigenvalue weighted by Crippen LogP contribution is 2.40. The minimum Gasteiger partial charge on any atom is -0.309 e. The monoisotopic (exact) mass is 751 g/mol. The molecule has 0 bridgehead atoms. The molecule has 262 valence electrons. The van der Waals surface area contributed by atoms with Gasteiger partial charge in [-0.05, 0) is 64.6 Å². The van der Waals surface area contributed by atoms with E-state index in [0.717, 1.165) is 38.2 Å². The van der Waals surface area contributed by atoms with Crippen LogP contribution in [0.25, 0.3) is 104 Å². The van der Waals surface area contributed by atoms with Crippen LogP contribution in [0.15, 0.2) is 194 Å². The molecule has 4 nitrogen and oxygen atoms in total. The van der Waals surface area contributed by atoms with Crippen LogP contribution in [-0.2, 0) is 0 Å². The maximum Gasteiger partial charge on any atom is 0.165 e. The van der Waals surface area contributed by atoms with E-state index in [1.54, 1.807) is 24.3 Å². The lowest BCUT2D eigenvalue weighted by Crippen LogP contribution is -2.01. The number of benzene rings is 8. The molecule has 0 amide bonds. The fraction of sp³-hybridized carbons (Fsp3) is 0. The molecule has 0 saturated carbocycles. The molecule has 0 N–H and O–H groups in total. The molecular formula is C51H32N4S. The van der Waals surface area contributed by atoms with E-state index in [2.05, 4.69) is 0 Å². The first-order chi connectivity index (χ1) is 35.7. The number of aromatic nitrogens is 4. The molecule has 0 fully saturated rings. The zero-order valence-electron chi connectivity index (χ0n) is 47.7. The third-order valence-electron chi connectivity index (χ3n) is 9.33. The number of thiophene rings is 1. The van der Waals surface area contributed by atoms with Crippen molar-refractivity contribution in [3.63, 3.8) is 0 Å². The van der Waals surface area contributed by atoms with Gasteiger partial charge in [0, 0.05) is 53.3 Å². The van der Waals surface area contributed by atoms with Crippen molar-refractivity contribution in [1.82, 2.24) is 19.5 Å². The van der Waals surface area contributed by atoms with Crippen LogP contribution < -0.4 is 0 Å². The Bertz CT molecular complexity index is 4270. The van der Waals surface area contributed by atoms with Crippen molar-refractivity contribution in [3.8, 4) is 62.1 Å². The molecule has 0 spiro atoms. The van der Waals surface area contributed by atoms with Crippen LogP contribution in [0.2, 0.25) is 0 Å². The van der Waals surface area contributed by atoms with Crippen molar-refractivity contribution < 1.29 is 26.0 Å². The maximum atomic E-state index is 9.88. The van der Waals surface area contributed by atoms with Gasteiger partial charge in [0.1, 0.15) is 0 Å². The van der Waals surface area contributed by atoms with Crippen molar-refractivity contribution in [3.05, 3.63) is 194 Å². The van der Waals surface area contributed by atoms with Crippen LogP contribution in [-0.4, -0.2) is 19.5 Å². The van der Waals surface area contributed by atoms with Crippen molar-refractivity contribution in [2.45, 2.75) is 0 Å². The van der Waals surface area contributed by atoms with E-state index in [9.17, 15) is 6.85 Å². The van der Waals surface area contributed by atoms with Crippen molar-refractivity contribution in [1.29, 1.82) is 0 Å². The third kappa shape index (κ3) is 5.48. The first kappa shape index (κ1) is 18.4. The van der Waals surface area contributed by atoms with E-state index in [0.29, 0.717) is 5.56 Å². The molecule has 56 heavy (non-hydrogen) atoms. The molecule has 3 aromatic heterocycles. The number of fused-ring (bicyclic) bond motifs is 6. The molecule has 0 saturated heterocycles. The Balaban J connectivity index is 1.23. The molecule has 0 atom stereocenters. The van der Waals surface area contributed by atoms with Crippen LogP contribution in [0.4, 0.5) is 0 Å². The summed E-state index contributed by atoms with van der Waals surface area (Å²) in [4.78, 5) is 14.2. The summed E-state index contributed by atoms with van der Waals surface area (Å²) in [5.41, 5.74) is 1.66. The predicted octanol–water partition coefficient (Wildman–Crippen LogP) is 13.7. The van der Waals surface area contributed by atoms with Crippen LogP contribution in [0, 0.1) is 0 Å². The second-order valence-corrected chi connectivity index (χ2v) is 13.6. The van der Waals surface area contributed by atoms with Gasteiger partial charge in [-0.3, -0.25) is 0 Å². The maximum absolute atomic E-state index is 9.88. The molecular weight excluding hydrogens is 701 g/mol.